The Balaban J connectivity index is 1.94. The van der Waals surface area contributed by atoms with Crippen LogP contribution in [0.1, 0.15) is 25.0 Å². The zero-order chi connectivity index (χ0) is 17.8. The lowest BCUT2D eigenvalue weighted by Crippen LogP contribution is -2.08. The summed E-state index contributed by atoms with van der Waals surface area (Å²) in [4.78, 5) is 16.3. The molecule has 0 saturated carbocycles. The molecule has 3 rings (SSSR count). The number of amides is 1. The number of nitrogens with one attached hydrogen (secondary N) is 1. The van der Waals surface area contributed by atoms with Crippen molar-refractivity contribution in [2.45, 2.75) is 20.8 Å². The summed E-state index contributed by atoms with van der Waals surface area (Å²) in [7, 11) is 0. The van der Waals surface area contributed by atoms with Gasteiger partial charge in [0.05, 0.1) is 24.8 Å². The molecule has 5 nitrogen and oxygen atoms in total. The van der Waals surface area contributed by atoms with Crippen LogP contribution in [0.2, 0.25) is 0 Å². The van der Waals surface area contributed by atoms with Gasteiger partial charge in [0.1, 0.15) is 11.3 Å². The number of aryl methyl sites for hydroxylation is 1. The molecule has 3 aromatic rings. The van der Waals surface area contributed by atoms with E-state index >= 15 is 0 Å². The van der Waals surface area contributed by atoms with Crippen molar-refractivity contribution >= 4 is 28.1 Å². The van der Waals surface area contributed by atoms with Gasteiger partial charge in [-0.1, -0.05) is 0 Å². The maximum absolute atomic E-state index is 12.3. The van der Waals surface area contributed by atoms with E-state index < -0.39 is 0 Å². The highest BCUT2D eigenvalue weighted by Crippen LogP contribution is 2.33. The maximum atomic E-state index is 12.3. The van der Waals surface area contributed by atoms with Gasteiger partial charge < -0.3 is 14.5 Å². The number of benzene rings is 1. The summed E-state index contributed by atoms with van der Waals surface area (Å²) < 4.78 is 11.3. The maximum Gasteiger partial charge on any atom is 0.248 e. The summed E-state index contributed by atoms with van der Waals surface area (Å²) in [6, 6.07) is 7.44. The second kappa shape index (κ2) is 7.21. The number of allylic oxidation sites excluding steroid dienone is 1. The first kappa shape index (κ1) is 16.8. The molecule has 0 aliphatic heterocycles. The average molecular weight is 336 g/mol. The highest BCUT2D eigenvalue weighted by molar-refractivity contribution is 6.04. The largest absolute Gasteiger partial charge is 0.493 e. The van der Waals surface area contributed by atoms with Crippen LogP contribution in [0.5, 0.6) is 5.75 Å². The van der Waals surface area contributed by atoms with Crippen LogP contribution in [0.3, 0.4) is 0 Å². The summed E-state index contributed by atoms with van der Waals surface area (Å²) in [5.41, 5.74) is 4.17. The number of aromatic nitrogens is 1. The average Bonchev–Trinajstić information content (AvgIpc) is 2.95. The number of hydrogen-bond acceptors (Lipinski definition) is 4. The number of ether oxygens (including phenoxy) is 1. The lowest BCUT2D eigenvalue weighted by Gasteiger charge is -2.11. The van der Waals surface area contributed by atoms with Gasteiger partial charge in [0.15, 0.2) is 0 Å². The first-order valence-corrected chi connectivity index (χ1v) is 8.12. The smallest absolute Gasteiger partial charge is 0.248 e. The van der Waals surface area contributed by atoms with E-state index in [1.165, 1.54) is 0 Å². The molecular formula is C20H20N2O3. The predicted octanol–water partition coefficient (Wildman–Crippen LogP) is 4.58. The number of pyridine rings is 1. The second-order valence-electron chi connectivity index (χ2n) is 5.75. The minimum Gasteiger partial charge on any atom is -0.493 e. The fraction of sp³-hybridized carbons (Fsp3) is 0.200. The molecule has 1 amide bonds. The fourth-order valence-corrected chi connectivity index (χ4v) is 2.65. The van der Waals surface area contributed by atoms with Crippen LogP contribution in [-0.4, -0.2) is 17.5 Å². The number of anilines is 1. The third kappa shape index (κ3) is 3.71. The zero-order valence-corrected chi connectivity index (χ0v) is 14.5. The zero-order valence-electron chi connectivity index (χ0n) is 14.5. The highest BCUT2D eigenvalue weighted by Gasteiger charge is 2.13. The first-order valence-electron chi connectivity index (χ1n) is 8.12. The van der Waals surface area contributed by atoms with E-state index in [2.05, 4.69) is 10.3 Å². The summed E-state index contributed by atoms with van der Waals surface area (Å²) in [5.74, 6) is 0.490. The van der Waals surface area contributed by atoms with Crippen molar-refractivity contribution in [3.8, 4) is 5.75 Å². The number of furan rings is 1. The Morgan fingerprint density at radius 1 is 1.40 bits per heavy atom. The number of hydrogen-bond donors (Lipinski definition) is 1. The molecule has 25 heavy (non-hydrogen) atoms. The Morgan fingerprint density at radius 2 is 2.24 bits per heavy atom. The van der Waals surface area contributed by atoms with Crippen LogP contribution in [0, 0.1) is 6.92 Å². The van der Waals surface area contributed by atoms with Gasteiger partial charge in [-0.15, -0.1) is 0 Å². The van der Waals surface area contributed by atoms with Crippen molar-refractivity contribution in [1.29, 1.82) is 0 Å². The Kier molecular flexibility index (Phi) is 4.84. The minimum absolute atomic E-state index is 0.211. The van der Waals surface area contributed by atoms with E-state index in [1.807, 2.05) is 32.9 Å². The number of carbonyl (C=O) groups excluding carboxylic acids is 1. The van der Waals surface area contributed by atoms with Crippen LogP contribution in [-0.2, 0) is 4.79 Å². The molecule has 0 spiro atoms. The van der Waals surface area contributed by atoms with Crippen molar-refractivity contribution in [1.82, 2.24) is 4.98 Å². The molecule has 2 heterocycles. The first-order chi connectivity index (χ1) is 12.1. The Morgan fingerprint density at radius 3 is 2.96 bits per heavy atom. The molecule has 0 bridgehead atoms. The van der Waals surface area contributed by atoms with Gasteiger partial charge in [-0.25, -0.2) is 0 Å². The van der Waals surface area contributed by atoms with Gasteiger partial charge in [0.2, 0.25) is 5.91 Å². The van der Waals surface area contributed by atoms with Gasteiger partial charge >= 0.3 is 0 Å². The molecule has 5 heteroatoms. The highest BCUT2D eigenvalue weighted by atomic mass is 16.5. The Labute approximate surface area is 146 Å². The predicted molar refractivity (Wildman–Crippen MR) is 98.6 cm³/mol. The standard InChI is InChI=1S/C20H20N2O3/c1-4-24-18-10-19-17(14(3)12-25-19)9-16(18)13(2)8-20(23)22-15-6-5-7-21-11-15/h5-12H,4H2,1-3H3,(H,22,23)/b13-8+. The van der Waals surface area contributed by atoms with Crippen molar-refractivity contribution in [2.75, 3.05) is 11.9 Å². The molecule has 2 aromatic heterocycles. The van der Waals surface area contributed by atoms with E-state index in [9.17, 15) is 4.79 Å². The molecule has 0 radical (unpaired) electrons. The van der Waals surface area contributed by atoms with Gasteiger partial charge in [-0.3, -0.25) is 9.78 Å². The number of fused-ring (bicyclic) bond motifs is 1. The van der Waals surface area contributed by atoms with Gasteiger partial charge in [-0.2, -0.15) is 0 Å². The lowest BCUT2D eigenvalue weighted by atomic mass is 10.0. The SMILES string of the molecule is CCOc1cc2occ(C)c2cc1/C(C)=C/C(=O)Nc1cccnc1. The van der Waals surface area contributed by atoms with Gasteiger partial charge in [0, 0.05) is 29.3 Å². The van der Waals surface area contributed by atoms with Crippen LogP contribution in [0.4, 0.5) is 5.69 Å². The summed E-state index contributed by atoms with van der Waals surface area (Å²) >= 11 is 0. The Hall–Kier alpha value is -3.08. The molecule has 0 saturated heterocycles. The van der Waals surface area contributed by atoms with Crippen LogP contribution < -0.4 is 10.1 Å². The second-order valence-corrected chi connectivity index (χ2v) is 5.75. The monoisotopic (exact) mass is 336 g/mol. The lowest BCUT2D eigenvalue weighted by molar-refractivity contribution is -0.111. The number of carbonyl (C=O) groups is 1. The third-order valence-electron chi connectivity index (χ3n) is 3.87. The van der Waals surface area contributed by atoms with E-state index in [4.69, 9.17) is 9.15 Å². The van der Waals surface area contributed by atoms with Crippen molar-refractivity contribution in [3.05, 3.63) is 60.1 Å². The summed E-state index contributed by atoms with van der Waals surface area (Å²) in [5, 5.41) is 3.81. The van der Waals surface area contributed by atoms with Crippen molar-refractivity contribution in [3.63, 3.8) is 0 Å². The molecule has 0 unspecified atom stereocenters. The van der Waals surface area contributed by atoms with Crippen molar-refractivity contribution < 1.29 is 13.9 Å². The van der Waals surface area contributed by atoms with Crippen LogP contribution >= 0.6 is 0 Å². The topological polar surface area (TPSA) is 64.4 Å². The molecule has 128 valence electrons. The molecule has 1 N–H and O–H groups in total. The quantitative estimate of drug-likeness (QED) is 0.693. The van der Waals surface area contributed by atoms with E-state index in [0.29, 0.717) is 18.0 Å². The number of rotatable bonds is 5. The van der Waals surface area contributed by atoms with Gasteiger partial charge in [0.25, 0.3) is 0 Å². The molecular weight excluding hydrogens is 316 g/mol. The molecule has 0 aliphatic rings. The van der Waals surface area contributed by atoms with Crippen LogP contribution in [0.15, 0.2) is 53.4 Å². The summed E-state index contributed by atoms with van der Waals surface area (Å²) in [6.07, 6.45) is 6.55. The normalized spacial score (nSPS) is 11.6. The van der Waals surface area contributed by atoms with E-state index in [-0.39, 0.29) is 5.91 Å². The minimum atomic E-state index is -0.211. The number of nitrogens with zero attached hydrogens (tertiary/aromatic N) is 1. The summed E-state index contributed by atoms with van der Waals surface area (Å²) in [6.45, 7) is 6.34. The molecule has 1 aromatic carbocycles. The van der Waals surface area contributed by atoms with Gasteiger partial charge in [-0.05, 0) is 50.1 Å². The third-order valence-corrected chi connectivity index (χ3v) is 3.87. The molecule has 0 aliphatic carbocycles. The molecule has 0 atom stereocenters. The van der Waals surface area contributed by atoms with E-state index in [0.717, 1.165) is 27.7 Å². The fourth-order valence-electron chi connectivity index (χ4n) is 2.65. The van der Waals surface area contributed by atoms with Crippen LogP contribution in [0.25, 0.3) is 16.5 Å². The molecule has 0 fully saturated rings. The van der Waals surface area contributed by atoms with E-state index in [1.54, 1.807) is 36.9 Å². The van der Waals surface area contributed by atoms with Crippen molar-refractivity contribution in [2.24, 2.45) is 0 Å². The Bertz CT molecular complexity index is 927.